The Morgan fingerprint density at radius 2 is 2.06 bits per heavy atom. The quantitative estimate of drug-likeness (QED) is 0.601. The fourth-order valence-corrected chi connectivity index (χ4v) is 2.25. The first-order valence-electron chi connectivity index (χ1n) is 5.38. The summed E-state index contributed by atoms with van der Waals surface area (Å²) in [7, 11) is -2.62. The average molecular weight is 273 g/mol. The number of rotatable bonds is 6. The van der Waals surface area contributed by atoms with Gasteiger partial charge in [-0.05, 0) is 25.6 Å². The maximum absolute atomic E-state index is 11.6. The van der Waals surface area contributed by atoms with E-state index in [4.69, 9.17) is 0 Å². The van der Waals surface area contributed by atoms with E-state index in [9.17, 15) is 18.5 Å². The van der Waals surface area contributed by atoms with Crippen LogP contribution in [0.5, 0.6) is 0 Å². The van der Waals surface area contributed by atoms with E-state index in [1.807, 2.05) is 6.92 Å². The van der Waals surface area contributed by atoms with Gasteiger partial charge in [-0.3, -0.25) is 10.1 Å². The number of nitrogens with one attached hydrogen (secondary N) is 2. The van der Waals surface area contributed by atoms with Crippen molar-refractivity contribution in [3.63, 3.8) is 0 Å². The molecular weight excluding hydrogens is 258 g/mol. The number of sulfonamides is 1. The minimum atomic E-state index is -3.83. The highest BCUT2D eigenvalue weighted by molar-refractivity contribution is 7.89. The van der Waals surface area contributed by atoms with Crippen LogP contribution in [0.1, 0.15) is 13.3 Å². The normalized spacial score (nSPS) is 11.2. The minimum absolute atomic E-state index is 0.336. The monoisotopic (exact) mass is 273 g/mol. The third kappa shape index (κ3) is 3.17. The van der Waals surface area contributed by atoms with Crippen LogP contribution in [-0.4, -0.2) is 26.9 Å². The van der Waals surface area contributed by atoms with Gasteiger partial charge in [-0.1, -0.05) is 6.92 Å². The van der Waals surface area contributed by atoms with Crippen LogP contribution in [-0.2, 0) is 10.0 Å². The number of nitro groups is 1. The average Bonchev–Trinajstić information content (AvgIpc) is 2.35. The van der Waals surface area contributed by atoms with Crippen molar-refractivity contribution in [3.8, 4) is 0 Å². The zero-order valence-electron chi connectivity index (χ0n) is 10.1. The molecule has 0 radical (unpaired) electrons. The highest BCUT2D eigenvalue weighted by Crippen LogP contribution is 2.26. The molecule has 0 aliphatic heterocycles. The maximum atomic E-state index is 11.6. The molecule has 0 aliphatic carbocycles. The first kappa shape index (κ1) is 14.4. The minimum Gasteiger partial charge on any atom is -0.385 e. The van der Waals surface area contributed by atoms with Gasteiger partial charge in [0.2, 0.25) is 10.0 Å². The molecule has 1 aromatic rings. The lowest BCUT2D eigenvalue weighted by atomic mass is 10.2. The van der Waals surface area contributed by atoms with Gasteiger partial charge >= 0.3 is 0 Å². The van der Waals surface area contributed by atoms with Gasteiger partial charge in [0, 0.05) is 18.3 Å². The Kier molecular flexibility index (Phi) is 4.62. The van der Waals surface area contributed by atoms with E-state index in [1.165, 1.54) is 25.2 Å². The van der Waals surface area contributed by atoms with Gasteiger partial charge in [-0.2, -0.15) is 0 Å². The SMILES string of the molecule is CCCNc1ccc(S(=O)(=O)NC)c([N+](=O)[O-])c1. The van der Waals surface area contributed by atoms with Gasteiger partial charge in [-0.25, -0.2) is 13.1 Å². The summed E-state index contributed by atoms with van der Waals surface area (Å²) in [6.45, 7) is 2.62. The number of nitro benzene ring substituents is 1. The van der Waals surface area contributed by atoms with Crippen molar-refractivity contribution in [1.82, 2.24) is 4.72 Å². The summed E-state index contributed by atoms with van der Waals surface area (Å²) >= 11 is 0. The van der Waals surface area contributed by atoms with Gasteiger partial charge in [0.1, 0.15) is 0 Å². The van der Waals surface area contributed by atoms with Crippen molar-refractivity contribution in [2.45, 2.75) is 18.2 Å². The molecule has 0 atom stereocenters. The summed E-state index contributed by atoms with van der Waals surface area (Å²) in [5.74, 6) is 0. The first-order valence-corrected chi connectivity index (χ1v) is 6.86. The summed E-state index contributed by atoms with van der Waals surface area (Å²) in [4.78, 5) is 9.85. The standard InChI is InChI=1S/C10H15N3O4S/c1-3-6-12-8-4-5-10(18(16,17)11-2)9(7-8)13(14)15/h4-5,7,11-12H,3,6H2,1-2H3. The molecule has 0 saturated carbocycles. The van der Waals surface area contributed by atoms with Crippen molar-refractivity contribution < 1.29 is 13.3 Å². The molecule has 0 spiro atoms. The Bertz CT molecular complexity index is 542. The third-order valence-corrected chi connectivity index (χ3v) is 3.75. The van der Waals surface area contributed by atoms with E-state index in [0.717, 1.165) is 6.42 Å². The van der Waals surface area contributed by atoms with Crippen molar-refractivity contribution in [1.29, 1.82) is 0 Å². The lowest BCUT2D eigenvalue weighted by Gasteiger charge is -2.07. The Balaban J connectivity index is 3.25. The van der Waals surface area contributed by atoms with Crippen LogP contribution < -0.4 is 10.0 Å². The molecule has 0 bridgehead atoms. The van der Waals surface area contributed by atoms with E-state index in [2.05, 4.69) is 10.0 Å². The lowest BCUT2D eigenvalue weighted by Crippen LogP contribution is -2.19. The Morgan fingerprint density at radius 3 is 2.56 bits per heavy atom. The number of anilines is 1. The molecule has 0 heterocycles. The van der Waals surface area contributed by atoms with Crippen molar-refractivity contribution in [3.05, 3.63) is 28.3 Å². The number of hydrogen-bond acceptors (Lipinski definition) is 5. The highest BCUT2D eigenvalue weighted by atomic mass is 32.2. The topological polar surface area (TPSA) is 101 Å². The Labute approximate surface area is 105 Å². The molecule has 0 saturated heterocycles. The van der Waals surface area contributed by atoms with Crippen LogP contribution >= 0.6 is 0 Å². The van der Waals surface area contributed by atoms with E-state index in [0.29, 0.717) is 12.2 Å². The summed E-state index contributed by atoms with van der Waals surface area (Å²) in [5.41, 5.74) is 0.0871. The van der Waals surface area contributed by atoms with Crippen molar-refractivity contribution in [2.24, 2.45) is 0 Å². The molecule has 8 heteroatoms. The van der Waals surface area contributed by atoms with Crippen LogP contribution in [0.3, 0.4) is 0 Å². The van der Waals surface area contributed by atoms with Gasteiger partial charge in [0.25, 0.3) is 5.69 Å². The lowest BCUT2D eigenvalue weighted by molar-refractivity contribution is -0.387. The van der Waals surface area contributed by atoms with Gasteiger partial charge in [0.05, 0.1) is 4.92 Å². The van der Waals surface area contributed by atoms with E-state index >= 15 is 0 Å². The van der Waals surface area contributed by atoms with Crippen molar-refractivity contribution in [2.75, 3.05) is 18.9 Å². The summed E-state index contributed by atoms with van der Waals surface area (Å²) in [6.07, 6.45) is 0.865. The molecule has 0 aromatic heterocycles. The zero-order chi connectivity index (χ0) is 13.8. The fraction of sp³-hybridized carbons (Fsp3) is 0.400. The van der Waals surface area contributed by atoms with Crippen LogP contribution in [0.4, 0.5) is 11.4 Å². The molecule has 0 fully saturated rings. The largest absolute Gasteiger partial charge is 0.385 e. The van der Waals surface area contributed by atoms with Crippen LogP contribution in [0.25, 0.3) is 0 Å². The molecular formula is C10H15N3O4S. The van der Waals surface area contributed by atoms with Crippen LogP contribution in [0.2, 0.25) is 0 Å². The second-order valence-electron chi connectivity index (χ2n) is 3.57. The molecule has 18 heavy (non-hydrogen) atoms. The van der Waals surface area contributed by atoms with Crippen LogP contribution in [0.15, 0.2) is 23.1 Å². The van der Waals surface area contributed by atoms with Gasteiger partial charge in [0.15, 0.2) is 4.90 Å². The predicted octanol–water partition coefficient (Wildman–Crippen LogP) is 1.32. The summed E-state index contributed by atoms with van der Waals surface area (Å²) in [5, 5.41) is 13.9. The first-order chi connectivity index (χ1) is 8.42. The molecule has 0 amide bonds. The van der Waals surface area contributed by atoms with Gasteiger partial charge < -0.3 is 5.32 Å². The Hall–Kier alpha value is -1.67. The zero-order valence-corrected chi connectivity index (χ0v) is 11.0. The highest BCUT2D eigenvalue weighted by Gasteiger charge is 2.24. The fourth-order valence-electron chi connectivity index (χ4n) is 1.38. The molecule has 0 aliphatic rings. The van der Waals surface area contributed by atoms with E-state index < -0.39 is 20.6 Å². The molecule has 100 valence electrons. The van der Waals surface area contributed by atoms with E-state index in [-0.39, 0.29) is 4.90 Å². The van der Waals surface area contributed by atoms with Gasteiger partial charge in [-0.15, -0.1) is 0 Å². The molecule has 1 aromatic carbocycles. The van der Waals surface area contributed by atoms with E-state index in [1.54, 1.807) is 0 Å². The van der Waals surface area contributed by atoms with Crippen LogP contribution in [0, 0.1) is 10.1 Å². The Morgan fingerprint density at radius 1 is 1.39 bits per heavy atom. The summed E-state index contributed by atoms with van der Waals surface area (Å²) < 4.78 is 25.3. The number of hydrogen-bond donors (Lipinski definition) is 2. The second kappa shape index (κ2) is 5.78. The number of benzene rings is 1. The molecule has 0 unspecified atom stereocenters. The molecule has 2 N–H and O–H groups in total. The predicted molar refractivity (Wildman–Crippen MR) is 68.1 cm³/mol. The maximum Gasteiger partial charge on any atom is 0.291 e. The second-order valence-corrected chi connectivity index (χ2v) is 5.43. The third-order valence-electron chi connectivity index (χ3n) is 2.29. The number of nitrogens with zero attached hydrogens (tertiary/aromatic N) is 1. The smallest absolute Gasteiger partial charge is 0.291 e. The van der Waals surface area contributed by atoms with Crippen molar-refractivity contribution >= 4 is 21.4 Å². The molecule has 7 nitrogen and oxygen atoms in total. The summed E-state index contributed by atoms with van der Waals surface area (Å²) in [6, 6.07) is 3.95. The molecule has 1 rings (SSSR count).